The number of aryl methyl sites for hydroxylation is 3. The van der Waals surface area contributed by atoms with Gasteiger partial charge < -0.3 is 9.30 Å². The summed E-state index contributed by atoms with van der Waals surface area (Å²) in [5.74, 6) is 2.02. The van der Waals surface area contributed by atoms with Crippen LogP contribution in [0.4, 0.5) is 0 Å². The number of hydrogen-bond donors (Lipinski definition) is 0. The van der Waals surface area contributed by atoms with Crippen LogP contribution in [-0.2, 0) is 25.9 Å². The zero-order valence-corrected chi connectivity index (χ0v) is 12.8. The van der Waals surface area contributed by atoms with Gasteiger partial charge in [0.25, 0.3) is 0 Å². The summed E-state index contributed by atoms with van der Waals surface area (Å²) in [4.78, 5) is 4.60. The highest BCUT2D eigenvalue weighted by Gasteiger charge is 2.13. The van der Waals surface area contributed by atoms with Crippen LogP contribution in [0.5, 0.6) is 5.75 Å². The van der Waals surface area contributed by atoms with Gasteiger partial charge in [-0.05, 0) is 24.1 Å². The van der Waals surface area contributed by atoms with Crippen molar-refractivity contribution in [3.63, 3.8) is 0 Å². The van der Waals surface area contributed by atoms with Crippen molar-refractivity contribution in [3.05, 3.63) is 42.0 Å². The van der Waals surface area contributed by atoms with E-state index in [2.05, 4.69) is 14.6 Å². The maximum atomic E-state index is 6.04. The predicted octanol–water partition coefficient (Wildman–Crippen LogP) is 2.76. The number of halogens is 1. The van der Waals surface area contributed by atoms with Crippen molar-refractivity contribution in [3.8, 4) is 5.75 Å². The van der Waals surface area contributed by atoms with Crippen LogP contribution in [0.2, 0.25) is 0 Å². The van der Waals surface area contributed by atoms with Gasteiger partial charge in [-0.25, -0.2) is 4.98 Å². The first-order valence-corrected chi connectivity index (χ1v) is 7.32. The molecule has 1 aromatic carbocycles. The molecule has 0 N–H and O–H groups in total. The number of aromatic nitrogens is 4. The quantitative estimate of drug-likeness (QED) is 0.681. The van der Waals surface area contributed by atoms with Gasteiger partial charge in [0.1, 0.15) is 17.1 Å². The monoisotopic (exact) mass is 304 g/mol. The number of rotatable bonds is 5. The van der Waals surface area contributed by atoms with Crippen molar-refractivity contribution in [1.82, 2.24) is 19.3 Å². The molecule has 21 heavy (non-hydrogen) atoms. The van der Waals surface area contributed by atoms with Crippen molar-refractivity contribution < 1.29 is 4.74 Å². The molecule has 0 amide bonds. The summed E-state index contributed by atoms with van der Waals surface area (Å²) in [5.41, 5.74) is 3.11. The van der Waals surface area contributed by atoms with Crippen LogP contribution in [0.1, 0.15) is 11.4 Å². The molecular weight excluding hydrogens is 288 g/mol. The molecule has 0 saturated heterocycles. The van der Waals surface area contributed by atoms with Gasteiger partial charge in [0.15, 0.2) is 0 Å². The van der Waals surface area contributed by atoms with Gasteiger partial charge in [-0.15, -0.1) is 11.6 Å². The number of para-hydroxylation sites is 1. The minimum Gasteiger partial charge on any atom is -0.494 e. The normalized spacial score (nSPS) is 11.2. The Kier molecular flexibility index (Phi) is 3.84. The van der Waals surface area contributed by atoms with E-state index in [1.165, 1.54) is 5.56 Å². The molecule has 0 fully saturated rings. The fraction of sp³-hybridized carbons (Fsp3) is 0.333. The molecule has 0 bridgehead atoms. The number of ether oxygens (including phenoxy) is 1. The van der Waals surface area contributed by atoms with Gasteiger partial charge in [-0.3, -0.25) is 4.68 Å². The summed E-state index contributed by atoms with van der Waals surface area (Å²) >= 11 is 6.04. The highest BCUT2D eigenvalue weighted by Crippen LogP contribution is 2.26. The van der Waals surface area contributed by atoms with Gasteiger partial charge in [0, 0.05) is 19.8 Å². The van der Waals surface area contributed by atoms with Crippen molar-refractivity contribution in [2.24, 2.45) is 7.05 Å². The van der Waals surface area contributed by atoms with Crippen LogP contribution in [0.15, 0.2) is 30.6 Å². The van der Waals surface area contributed by atoms with E-state index in [9.17, 15) is 0 Å². The summed E-state index contributed by atoms with van der Waals surface area (Å²) in [7, 11) is 3.58. The number of imidazole rings is 1. The lowest BCUT2D eigenvalue weighted by molar-refractivity contribution is 0.419. The van der Waals surface area contributed by atoms with Crippen LogP contribution in [-0.4, -0.2) is 26.4 Å². The molecule has 0 aliphatic carbocycles. The largest absolute Gasteiger partial charge is 0.494 e. The first-order chi connectivity index (χ1) is 10.2. The van der Waals surface area contributed by atoms with E-state index in [4.69, 9.17) is 16.3 Å². The van der Waals surface area contributed by atoms with Crippen LogP contribution in [0.3, 0.4) is 0 Å². The molecule has 0 radical (unpaired) electrons. The third-order valence-electron chi connectivity index (χ3n) is 3.54. The highest BCUT2D eigenvalue weighted by molar-refractivity contribution is 6.16. The van der Waals surface area contributed by atoms with Gasteiger partial charge >= 0.3 is 0 Å². The molecule has 0 aliphatic rings. The molecule has 5 nitrogen and oxygen atoms in total. The zero-order valence-electron chi connectivity index (χ0n) is 12.1. The number of alkyl halides is 1. The molecule has 0 spiro atoms. The SMILES string of the molecule is COc1cccc2c1nc(CCl)n2CCc1cnn(C)c1. The minimum absolute atomic E-state index is 0.380. The summed E-state index contributed by atoms with van der Waals surface area (Å²) in [6, 6.07) is 5.93. The molecule has 0 atom stereocenters. The maximum Gasteiger partial charge on any atom is 0.146 e. The predicted molar refractivity (Wildman–Crippen MR) is 82.8 cm³/mol. The first-order valence-electron chi connectivity index (χ1n) is 6.78. The number of methoxy groups -OCH3 is 1. The van der Waals surface area contributed by atoms with Crippen LogP contribution >= 0.6 is 11.6 Å². The minimum atomic E-state index is 0.380. The Morgan fingerprint density at radius 3 is 2.86 bits per heavy atom. The lowest BCUT2D eigenvalue weighted by Crippen LogP contribution is -2.04. The number of nitrogens with zero attached hydrogens (tertiary/aromatic N) is 4. The molecule has 0 saturated carbocycles. The van der Waals surface area contributed by atoms with Gasteiger partial charge in [-0.1, -0.05) is 6.07 Å². The molecule has 2 aromatic heterocycles. The number of benzene rings is 1. The Bertz CT molecular complexity index is 762. The van der Waals surface area contributed by atoms with E-state index in [0.717, 1.165) is 35.6 Å². The van der Waals surface area contributed by atoms with E-state index in [1.54, 1.807) is 7.11 Å². The number of fused-ring (bicyclic) bond motifs is 1. The second-order valence-corrected chi connectivity index (χ2v) is 5.18. The van der Waals surface area contributed by atoms with Gasteiger partial charge in [-0.2, -0.15) is 5.10 Å². The Labute approximate surface area is 128 Å². The van der Waals surface area contributed by atoms with E-state index >= 15 is 0 Å². The number of hydrogen-bond acceptors (Lipinski definition) is 3. The first kappa shape index (κ1) is 13.9. The van der Waals surface area contributed by atoms with Crippen molar-refractivity contribution >= 4 is 22.6 Å². The molecule has 6 heteroatoms. The van der Waals surface area contributed by atoms with Gasteiger partial charge in [0.2, 0.25) is 0 Å². The van der Waals surface area contributed by atoms with E-state index in [1.807, 2.05) is 42.3 Å². The van der Waals surface area contributed by atoms with Crippen LogP contribution in [0.25, 0.3) is 11.0 Å². The summed E-state index contributed by atoms with van der Waals surface area (Å²) in [6.45, 7) is 0.817. The topological polar surface area (TPSA) is 44.9 Å². The zero-order chi connectivity index (χ0) is 14.8. The molecule has 0 unspecified atom stereocenters. The van der Waals surface area contributed by atoms with Gasteiger partial charge in [0.05, 0.1) is 24.7 Å². The smallest absolute Gasteiger partial charge is 0.146 e. The highest BCUT2D eigenvalue weighted by atomic mass is 35.5. The molecule has 2 heterocycles. The van der Waals surface area contributed by atoms with Crippen molar-refractivity contribution in [2.45, 2.75) is 18.8 Å². The van der Waals surface area contributed by atoms with Crippen molar-refractivity contribution in [2.75, 3.05) is 7.11 Å². The second-order valence-electron chi connectivity index (χ2n) is 4.91. The summed E-state index contributed by atoms with van der Waals surface area (Å²) in [6.07, 6.45) is 4.81. The third kappa shape index (κ3) is 2.61. The molecular formula is C15H17ClN4O. The average molecular weight is 305 g/mol. The summed E-state index contributed by atoms with van der Waals surface area (Å²) < 4.78 is 9.34. The Balaban J connectivity index is 1.96. The standard InChI is InChI=1S/C15H17ClN4O/c1-19-10-11(9-17-19)6-7-20-12-4-3-5-13(21-2)15(12)18-14(20)8-16/h3-5,9-10H,6-8H2,1-2H3. The third-order valence-corrected chi connectivity index (χ3v) is 3.78. The Morgan fingerprint density at radius 1 is 1.33 bits per heavy atom. The van der Waals surface area contributed by atoms with E-state index in [0.29, 0.717) is 5.88 Å². The molecule has 3 rings (SSSR count). The van der Waals surface area contributed by atoms with E-state index in [-0.39, 0.29) is 0 Å². The van der Waals surface area contributed by atoms with Crippen LogP contribution in [0, 0.1) is 0 Å². The second kappa shape index (κ2) is 5.77. The lowest BCUT2D eigenvalue weighted by Gasteiger charge is -2.07. The van der Waals surface area contributed by atoms with Crippen LogP contribution < -0.4 is 4.74 Å². The molecule has 110 valence electrons. The lowest BCUT2D eigenvalue weighted by atomic mass is 10.2. The summed E-state index contributed by atoms with van der Waals surface area (Å²) in [5, 5.41) is 4.19. The molecule has 0 aliphatic heterocycles. The fourth-order valence-corrected chi connectivity index (χ4v) is 2.73. The van der Waals surface area contributed by atoms with E-state index < -0.39 is 0 Å². The average Bonchev–Trinajstić information content (AvgIpc) is 3.07. The fourth-order valence-electron chi connectivity index (χ4n) is 2.53. The Morgan fingerprint density at radius 2 is 2.19 bits per heavy atom. The molecule has 3 aromatic rings. The Hall–Kier alpha value is -2.01. The van der Waals surface area contributed by atoms with Crippen molar-refractivity contribution in [1.29, 1.82) is 0 Å². The maximum absolute atomic E-state index is 6.04.